The van der Waals surface area contributed by atoms with Crippen LogP contribution in [0.25, 0.3) is 0 Å². The molecule has 1 aromatic rings. The van der Waals surface area contributed by atoms with Crippen LogP contribution < -0.4 is 15.5 Å². The topological polar surface area (TPSA) is 79.4 Å². The van der Waals surface area contributed by atoms with Gasteiger partial charge in [-0.25, -0.2) is 9.97 Å². The molecule has 2 heterocycles. The van der Waals surface area contributed by atoms with Gasteiger partial charge in [-0.3, -0.25) is 4.79 Å². The van der Waals surface area contributed by atoms with Crippen molar-refractivity contribution >= 4 is 17.5 Å². The standard InChI is InChI=1S/C12H19N5O2/c1-10(18)13-2-3-14-11-8-12(16-9-15-11)17-4-6-19-7-5-17/h8-9H,2-7H2,1H3,(H,13,18)(H,14,15,16). The van der Waals surface area contributed by atoms with E-state index in [1.807, 2.05) is 6.07 Å². The van der Waals surface area contributed by atoms with Crippen molar-refractivity contribution < 1.29 is 9.53 Å². The summed E-state index contributed by atoms with van der Waals surface area (Å²) in [7, 11) is 0. The van der Waals surface area contributed by atoms with E-state index in [1.54, 1.807) is 6.33 Å². The van der Waals surface area contributed by atoms with Gasteiger partial charge >= 0.3 is 0 Å². The van der Waals surface area contributed by atoms with Gasteiger partial charge in [-0.2, -0.15) is 0 Å². The highest BCUT2D eigenvalue weighted by molar-refractivity contribution is 5.72. The van der Waals surface area contributed by atoms with Crippen LogP contribution in [0.3, 0.4) is 0 Å². The van der Waals surface area contributed by atoms with E-state index >= 15 is 0 Å². The van der Waals surface area contributed by atoms with Gasteiger partial charge in [0.15, 0.2) is 0 Å². The van der Waals surface area contributed by atoms with E-state index in [4.69, 9.17) is 4.74 Å². The molecule has 2 N–H and O–H groups in total. The number of ether oxygens (including phenoxy) is 1. The first-order chi connectivity index (χ1) is 9.25. The third-order valence-electron chi connectivity index (χ3n) is 2.79. The molecule has 7 heteroatoms. The van der Waals surface area contributed by atoms with Crippen molar-refractivity contribution in [3.63, 3.8) is 0 Å². The smallest absolute Gasteiger partial charge is 0.216 e. The first kappa shape index (κ1) is 13.5. The summed E-state index contributed by atoms with van der Waals surface area (Å²) in [5.74, 6) is 1.64. The normalized spacial score (nSPS) is 15.1. The van der Waals surface area contributed by atoms with Gasteiger partial charge in [0.05, 0.1) is 13.2 Å². The maximum absolute atomic E-state index is 10.7. The number of carbonyl (C=O) groups excluding carboxylic acids is 1. The quantitative estimate of drug-likeness (QED) is 0.722. The molecule has 1 aliphatic rings. The van der Waals surface area contributed by atoms with Crippen LogP contribution in [0, 0.1) is 0 Å². The average molecular weight is 265 g/mol. The monoisotopic (exact) mass is 265 g/mol. The third-order valence-corrected chi connectivity index (χ3v) is 2.79. The fraction of sp³-hybridized carbons (Fsp3) is 0.583. The summed E-state index contributed by atoms with van der Waals surface area (Å²) >= 11 is 0. The fourth-order valence-corrected chi connectivity index (χ4v) is 1.84. The Hall–Kier alpha value is -1.89. The summed E-state index contributed by atoms with van der Waals surface area (Å²) in [6.45, 7) is 5.88. The number of aromatic nitrogens is 2. The van der Waals surface area contributed by atoms with Crippen LogP contribution in [0.15, 0.2) is 12.4 Å². The summed E-state index contributed by atoms with van der Waals surface area (Å²) in [4.78, 5) is 21.3. The van der Waals surface area contributed by atoms with E-state index in [9.17, 15) is 4.79 Å². The average Bonchev–Trinajstić information content (AvgIpc) is 2.45. The SMILES string of the molecule is CC(=O)NCCNc1cc(N2CCOCC2)ncn1. The molecule has 0 aliphatic carbocycles. The van der Waals surface area contributed by atoms with Crippen LogP contribution in [0.1, 0.15) is 6.92 Å². The van der Waals surface area contributed by atoms with Gasteiger partial charge in [0.2, 0.25) is 5.91 Å². The molecule has 0 unspecified atom stereocenters. The predicted molar refractivity (Wildman–Crippen MR) is 72.2 cm³/mol. The Balaban J connectivity index is 1.85. The molecule has 0 radical (unpaired) electrons. The summed E-state index contributed by atoms with van der Waals surface area (Å²) in [6.07, 6.45) is 1.55. The summed E-state index contributed by atoms with van der Waals surface area (Å²) < 4.78 is 5.31. The molecule has 1 aliphatic heterocycles. The van der Waals surface area contributed by atoms with Crippen molar-refractivity contribution in [1.82, 2.24) is 15.3 Å². The van der Waals surface area contributed by atoms with Crippen molar-refractivity contribution in [2.24, 2.45) is 0 Å². The minimum Gasteiger partial charge on any atom is -0.378 e. The van der Waals surface area contributed by atoms with Gasteiger partial charge < -0.3 is 20.3 Å². The summed E-state index contributed by atoms with van der Waals surface area (Å²) in [6, 6.07) is 1.92. The minimum absolute atomic E-state index is 0.0292. The first-order valence-corrected chi connectivity index (χ1v) is 6.39. The summed E-state index contributed by atoms with van der Waals surface area (Å²) in [5, 5.41) is 5.88. The van der Waals surface area contributed by atoms with E-state index < -0.39 is 0 Å². The van der Waals surface area contributed by atoms with Crippen molar-refractivity contribution in [2.45, 2.75) is 6.92 Å². The van der Waals surface area contributed by atoms with Gasteiger partial charge in [0, 0.05) is 39.2 Å². The second-order valence-electron chi connectivity index (χ2n) is 4.27. The molecule has 7 nitrogen and oxygen atoms in total. The molecule has 1 saturated heterocycles. The largest absolute Gasteiger partial charge is 0.378 e. The highest BCUT2D eigenvalue weighted by Crippen LogP contribution is 2.14. The van der Waals surface area contributed by atoms with Crippen LogP contribution in [0.4, 0.5) is 11.6 Å². The predicted octanol–water partition coefficient (Wildman–Crippen LogP) is -0.139. The Kier molecular flexibility index (Phi) is 4.91. The van der Waals surface area contributed by atoms with Gasteiger partial charge in [0.1, 0.15) is 18.0 Å². The van der Waals surface area contributed by atoms with E-state index in [1.165, 1.54) is 6.92 Å². The van der Waals surface area contributed by atoms with Crippen molar-refractivity contribution in [1.29, 1.82) is 0 Å². The van der Waals surface area contributed by atoms with Gasteiger partial charge in [-0.1, -0.05) is 0 Å². The minimum atomic E-state index is -0.0292. The molecule has 0 atom stereocenters. The van der Waals surface area contributed by atoms with Crippen molar-refractivity contribution in [2.75, 3.05) is 49.6 Å². The number of nitrogens with one attached hydrogen (secondary N) is 2. The molecule has 0 aromatic carbocycles. The van der Waals surface area contributed by atoms with Crippen LogP contribution in [-0.4, -0.2) is 55.3 Å². The Labute approximate surface area is 112 Å². The lowest BCUT2D eigenvalue weighted by Crippen LogP contribution is -2.36. The Morgan fingerprint density at radius 3 is 2.89 bits per heavy atom. The number of amides is 1. The molecule has 1 aromatic heterocycles. The third kappa shape index (κ3) is 4.36. The molecule has 104 valence electrons. The zero-order chi connectivity index (χ0) is 13.5. The number of hydrogen-bond acceptors (Lipinski definition) is 6. The lowest BCUT2D eigenvalue weighted by molar-refractivity contribution is -0.118. The van der Waals surface area contributed by atoms with Crippen molar-refractivity contribution in [3.05, 3.63) is 12.4 Å². The number of morpholine rings is 1. The molecule has 0 spiro atoms. The molecule has 1 amide bonds. The van der Waals surface area contributed by atoms with Crippen LogP contribution in [-0.2, 0) is 9.53 Å². The molecule has 1 fully saturated rings. The first-order valence-electron chi connectivity index (χ1n) is 6.39. The molecule has 19 heavy (non-hydrogen) atoms. The molecule has 0 saturated carbocycles. The van der Waals surface area contributed by atoms with Crippen LogP contribution in [0.5, 0.6) is 0 Å². The maximum Gasteiger partial charge on any atom is 0.216 e. The van der Waals surface area contributed by atoms with Crippen molar-refractivity contribution in [3.8, 4) is 0 Å². The highest BCUT2D eigenvalue weighted by atomic mass is 16.5. The fourth-order valence-electron chi connectivity index (χ4n) is 1.84. The second-order valence-corrected chi connectivity index (χ2v) is 4.27. The van der Waals surface area contributed by atoms with Gasteiger partial charge in [0.25, 0.3) is 0 Å². The zero-order valence-electron chi connectivity index (χ0n) is 11.1. The molecule has 0 bridgehead atoms. The number of hydrogen-bond donors (Lipinski definition) is 2. The van der Waals surface area contributed by atoms with E-state index in [2.05, 4.69) is 25.5 Å². The van der Waals surface area contributed by atoms with Gasteiger partial charge in [-0.05, 0) is 0 Å². The van der Waals surface area contributed by atoms with E-state index in [-0.39, 0.29) is 5.91 Å². The lowest BCUT2D eigenvalue weighted by atomic mass is 10.4. The lowest BCUT2D eigenvalue weighted by Gasteiger charge is -2.27. The number of nitrogens with zero attached hydrogens (tertiary/aromatic N) is 3. The van der Waals surface area contributed by atoms with E-state index in [0.717, 1.165) is 37.9 Å². The second kappa shape index (κ2) is 6.89. The number of anilines is 2. The zero-order valence-corrected chi connectivity index (χ0v) is 11.1. The summed E-state index contributed by atoms with van der Waals surface area (Å²) in [5.41, 5.74) is 0. The maximum atomic E-state index is 10.7. The van der Waals surface area contributed by atoms with Crippen LogP contribution >= 0.6 is 0 Å². The Morgan fingerprint density at radius 2 is 2.16 bits per heavy atom. The van der Waals surface area contributed by atoms with E-state index in [0.29, 0.717) is 13.1 Å². The number of carbonyl (C=O) groups is 1. The molecular weight excluding hydrogens is 246 g/mol. The van der Waals surface area contributed by atoms with Crippen LogP contribution in [0.2, 0.25) is 0 Å². The van der Waals surface area contributed by atoms with Gasteiger partial charge in [-0.15, -0.1) is 0 Å². The molecule has 2 rings (SSSR count). The highest BCUT2D eigenvalue weighted by Gasteiger charge is 2.12. The Bertz CT molecular complexity index is 420. The number of rotatable bonds is 5. The molecular formula is C12H19N5O2. The Morgan fingerprint density at radius 1 is 1.37 bits per heavy atom.